The van der Waals surface area contributed by atoms with Crippen molar-refractivity contribution >= 4 is 5.91 Å². The summed E-state index contributed by atoms with van der Waals surface area (Å²) in [4.78, 5) is 12.0. The van der Waals surface area contributed by atoms with E-state index in [1.807, 2.05) is 0 Å². The Morgan fingerprint density at radius 3 is 2.90 bits per heavy atom. The molecule has 0 bridgehead atoms. The molecule has 1 aromatic rings. The molecule has 0 aliphatic carbocycles. The minimum Gasteiger partial charge on any atom is -0.434 e. The van der Waals surface area contributed by atoms with Crippen LogP contribution in [-0.2, 0) is 16.1 Å². The Kier molecular flexibility index (Phi) is 4.51. The smallest absolute Gasteiger partial charge is 0.387 e. The van der Waals surface area contributed by atoms with Gasteiger partial charge in [-0.05, 0) is 12.5 Å². The first kappa shape index (κ1) is 14.7. The van der Waals surface area contributed by atoms with E-state index in [-0.39, 0.29) is 24.8 Å². The number of alkyl halides is 2. The zero-order valence-corrected chi connectivity index (χ0v) is 10.8. The lowest BCUT2D eigenvalue weighted by molar-refractivity contribution is -0.126. The van der Waals surface area contributed by atoms with Crippen LogP contribution in [0.25, 0.3) is 0 Å². The molecule has 1 aliphatic rings. The van der Waals surface area contributed by atoms with E-state index in [4.69, 9.17) is 10.5 Å². The molecule has 1 aromatic carbocycles. The predicted octanol–water partition coefficient (Wildman–Crippen LogP) is 1.02. The average molecular weight is 286 g/mol. The second-order valence-corrected chi connectivity index (χ2v) is 4.63. The van der Waals surface area contributed by atoms with Gasteiger partial charge in [-0.1, -0.05) is 18.2 Å². The molecule has 0 spiro atoms. The zero-order chi connectivity index (χ0) is 14.6. The maximum Gasteiger partial charge on any atom is 0.387 e. The second-order valence-electron chi connectivity index (χ2n) is 4.63. The Morgan fingerprint density at radius 1 is 1.50 bits per heavy atom. The minimum absolute atomic E-state index is 0.0385. The number of rotatable bonds is 5. The Labute approximate surface area is 115 Å². The molecule has 1 heterocycles. The highest BCUT2D eigenvalue weighted by molar-refractivity contribution is 5.86. The third-order valence-corrected chi connectivity index (χ3v) is 3.13. The molecule has 3 N–H and O–H groups in total. The lowest BCUT2D eigenvalue weighted by Gasteiger charge is -2.21. The van der Waals surface area contributed by atoms with Crippen LogP contribution in [0.2, 0.25) is 0 Å². The van der Waals surface area contributed by atoms with Gasteiger partial charge in [-0.15, -0.1) is 0 Å². The number of ether oxygens (including phenoxy) is 2. The van der Waals surface area contributed by atoms with E-state index >= 15 is 0 Å². The third-order valence-electron chi connectivity index (χ3n) is 3.13. The Hall–Kier alpha value is -1.73. The van der Waals surface area contributed by atoms with Gasteiger partial charge in [0.25, 0.3) is 0 Å². The van der Waals surface area contributed by atoms with Crippen LogP contribution in [-0.4, -0.2) is 31.3 Å². The summed E-state index contributed by atoms with van der Waals surface area (Å²) >= 11 is 0. The average Bonchev–Trinajstić information content (AvgIpc) is 2.85. The van der Waals surface area contributed by atoms with Gasteiger partial charge >= 0.3 is 6.61 Å². The summed E-state index contributed by atoms with van der Waals surface area (Å²) in [5.41, 5.74) is 5.32. The van der Waals surface area contributed by atoms with Crippen LogP contribution in [0.3, 0.4) is 0 Å². The largest absolute Gasteiger partial charge is 0.434 e. The van der Waals surface area contributed by atoms with Gasteiger partial charge in [0.05, 0.1) is 6.61 Å². The van der Waals surface area contributed by atoms with E-state index < -0.39 is 12.2 Å². The van der Waals surface area contributed by atoms with Crippen molar-refractivity contribution in [3.63, 3.8) is 0 Å². The molecular formula is C13H16F2N2O3. The Balaban J connectivity index is 1.98. The van der Waals surface area contributed by atoms with Crippen LogP contribution in [0.1, 0.15) is 12.0 Å². The first-order valence-electron chi connectivity index (χ1n) is 6.19. The molecule has 0 radical (unpaired) electrons. The number of carbonyl (C=O) groups excluding carboxylic acids is 1. The van der Waals surface area contributed by atoms with Crippen molar-refractivity contribution in [2.24, 2.45) is 5.73 Å². The van der Waals surface area contributed by atoms with E-state index in [1.54, 1.807) is 18.2 Å². The SMILES string of the molecule is NC1(C(=O)NCc2ccccc2OC(F)F)CCOC1. The minimum atomic E-state index is -2.91. The molecule has 110 valence electrons. The topological polar surface area (TPSA) is 73.6 Å². The number of amides is 1. The first-order valence-corrected chi connectivity index (χ1v) is 6.19. The summed E-state index contributed by atoms with van der Waals surface area (Å²) < 4.78 is 34.0. The first-order chi connectivity index (χ1) is 9.51. The van der Waals surface area contributed by atoms with Crippen molar-refractivity contribution in [2.75, 3.05) is 13.2 Å². The van der Waals surface area contributed by atoms with Gasteiger partial charge in [0.15, 0.2) is 0 Å². The van der Waals surface area contributed by atoms with Gasteiger partial charge < -0.3 is 20.5 Å². The van der Waals surface area contributed by atoms with Crippen molar-refractivity contribution in [3.8, 4) is 5.75 Å². The number of benzene rings is 1. The maximum absolute atomic E-state index is 12.3. The number of hydrogen-bond donors (Lipinski definition) is 2. The fraction of sp³-hybridized carbons (Fsp3) is 0.462. The molecule has 7 heteroatoms. The van der Waals surface area contributed by atoms with Gasteiger partial charge in [0, 0.05) is 18.7 Å². The summed E-state index contributed by atoms with van der Waals surface area (Å²) in [6, 6.07) is 6.28. The standard InChI is InChI=1S/C13H16F2N2O3/c14-12(15)20-10-4-2-1-3-9(10)7-17-11(18)13(16)5-6-19-8-13/h1-4,12H,5-8,16H2,(H,17,18). The number of para-hydroxylation sites is 1. The molecule has 1 saturated heterocycles. The summed E-state index contributed by atoms with van der Waals surface area (Å²) in [6.07, 6.45) is 0.439. The maximum atomic E-state index is 12.3. The summed E-state index contributed by atoms with van der Waals surface area (Å²) in [5.74, 6) is -0.321. The molecule has 2 rings (SSSR count). The molecule has 1 aliphatic heterocycles. The highest BCUT2D eigenvalue weighted by Gasteiger charge is 2.38. The number of carbonyl (C=O) groups is 1. The van der Waals surface area contributed by atoms with Crippen molar-refractivity contribution < 1.29 is 23.0 Å². The van der Waals surface area contributed by atoms with E-state index in [0.29, 0.717) is 18.6 Å². The highest BCUT2D eigenvalue weighted by atomic mass is 19.3. The second kappa shape index (κ2) is 6.15. The van der Waals surface area contributed by atoms with Crippen LogP contribution >= 0.6 is 0 Å². The van der Waals surface area contributed by atoms with Gasteiger partial charge in [0.1, 0.15) is 11.3 Å². The predicted molar refractivity (Wildman–Crippen MR) is 67.3 cm³/mol. The van der Waals surface area contributed by atoms with Gasteiger partial charge in [-0.2, -0.15) is 8.78 Å². The summed E-state index contributed by atoms with van der Waals surface area (Å²) in [7, 11) is 0. The van der Waals surface area contributed by atoms with E-state index in [0.717, 1.165) is 0 Å². The van der Waals surface area contributed by atoms with Crippen molar-refractivity contribution in [3.05, 3.63) is 29.8 Å². The van der Waals surface area contributed by atoms with Crippen molar-refractivity contribution in [1.29, 1.82) is 0 Å². The molecule has 5 nitrogen and oxygen atoms in total. The van der Waals surface area contributed by atoms with Gasteiger partial charge in [0.2, 0.25) is 5.91 Å². The number of nitrogens with one attached hydrogen (secondary N) is 1. The zero-order valence-electron chi connectivity index (χ0n) is 10.8. The molecule has 1 atom stereocenters. The lowest BCUT2D eigenvalue weighted by atomic mass is 9.99. The van der Waals surface area contributed by atoms with Gasteiger partial charge in [-0.3, -0.25) is 4.79 Å². The molecule has 0 saturated carbocycles. The lowest BCUT2D eigenvalue weighted by Crippen LogP contribution is -2.54. The molecular weight excluding hydrogens is 270 g/mol. The monoisotopic (exact) mass is 286 g/mol. The van der Waals surface area contributed by atoms with Crippen LogP contribution in [0, 0.1) is 0 Å². The normalized spacial score (nSPS) is 22.0. The van der Waals surface area contributed by atoms with Crippen LogP contribution in [0.4, 0.5) is 8.78 Å². The fourth-order valence-electron chi connectivity index (χ4n) is 1.97. The number of halogens is 2. The quantitative estimate of drug-likeness (QED) is 0.847. The highest BCUT2D eigenvalue weighted by Crippen LogP contribution is 2.21. The Bertz CT molecular complexity index is 476. The number of hydrogen-bond acceptors (Lipinski definition) is 4. The summed E-state index contributed by atoms with van der Waals surface area (Å²) in [6.45, 7) is -2.24. The van der Waals surface area contributed by atoms with Crippen LogP contribution < -0.4 is 15.8 Å². The number of nitrogens with two attached hydrogens (primary N) is 1. The van der Waals surface area contributed by atoms with E-state index in [9.17, 15) is 13.6 Å². The van der Waals surface area contributed by atoms with E-state index in [2.05, 4.69) is 10.1 Å². The fourth-order valence-corrected chi connectivity index (χ4v) is 1.97. The molecule has 1 unspecified atom stereocenters. The molecule has 0 aromatic heterocycles. The van der Waals surface area contributed by atoms with Crippen LogP contribution in [0.5, 0.6) is 5.75 Å². The van der Waals surface area contributed by atoms with Crippen molar-refractivity contribution in [1.82, 2.24) is 5.32 Å². The molecule has 1 fully saturated rings. The van der Waals surface area contributed by atoms with Crippen LogP contribution in [0.15, 0.2) is 24.3 Å². The van der Waals surface area contributed by atoms with Crippen molar-refractivity contribution in [2.45, 2.75) is 25.1 Å². The van der Waals surface area contributed by atoms with Gasteiger partial charge in [-0.25, -0.2) is 0 Å². The Morgan fingerprint density at radius 2 is 2.25 bits per heavy atom. The third kappa shape index (κ3) is 3.43. The molecule has 1 amide bonds. The van der Waals surface area contributed by atoms with E-state index in [1.165, 1.54) is 6.07 Å². The summed E-state index contributed by atoms with van der Waals surface area (Å²) in [5, 5.41) is 2.63. The molecule has 20 heavy (non-hydrogen) atoms.